The van der Waals surface area contributed by atoms with Gasteiger partial charge >= 0.3 is 0 Å². The van der Waals surface area contributed by atoms with Gasteiger partial charge in [0.25, 0.3) is 5.91 Å². The molecule has 1 aliphatic carbocycles. The van der Waals surface area contributed by atoms with Gasteiger partial charge in [-0.1, -0.05) is 36.5 Å². The van der Waals surface area contributed by atoms with Gasteiger partial charge in [-0.2, -0.15) is 0 Å². The van der Waals surface area contributed by atoms with Gasteiger partial charge in [-0.15, -0.1) is 0 Å². The summed E-state index contributed by atoms with van der Waals surface area (Å²) in [6.07, 6.45) is 5.22. The van der Waals surface area contributed by atoms with Gasteiger partial charge in [-0.3, -0.25) is 9.69 Å². The lowest BCUT2D eigenvalue weighted by atomic mass is 9.99. The summed E-state index contributed by atoms with van der Waals surface area (Å²) in [5.41, 5.74) is 7.73. The smallest absolute Gasteiger partial charge is 0.268 e. The van der Waals surface area contributed by atoms with Crippen LogP contribution in [0.1, 0.15) is 48.7 Å². The van der Waals surface area contributed by atoms with Gasteiger partial charge in [0.2, 0.25) is 0 Å². The number of phenols is 1. The Labute approximate surface area is 151 Å². The second-order valence-electron chi connectivity index (χ2n) is 6.00. The molecule has 1 aromatic heterocycles. The van der Waals surface area contributed by atoms with Crippen molar-refractivity contribution in [1.29, 1.82) is 0 Å². The molecule has 3 rings (SSSR count). The first-order valence-electron chi connectivity index (χ1n) is 8.33. The number of rotatable bonds is 7. The molecule has 1 amide bonds. The number of carbonyl (C=O) groups excluding carboxylic acids is 1. The maximum Gasteiger partial charge on any atom is 0.268 e. The first-order chi connectivity index (χ1) is 12.0. The normalized spacial score (nSPS) is 14.1. The van der Waals surface area contributed by atoms with Crippen LogP contribution in [-0.4, -0.2) is 22.5 Å². The highest BCUT2D eigenvalue weighted by molar-refractivity contribution is 7.19. The number of nitrogens with zero attached hydrogens (tertiary/aromatic N) is 2. The van der Waals surface area contributed by atoms with E-state index >= 15 is 0 Å². The number of nitrogens with two attached hydrogens (primary N) is 1. The number of allylic oxidation sites excluding steroid dienone is 2. The molecule has 0 fully saturated rings. The molecule has 6 nitrogen and oxygen atoms in total. The minimum Gasteiger partial charge on any atom is -0.507 e. The summed E-state index contributed by atoms with van der Waals surface area (Å²) in [5.74, 6) is -0.306. The summed E-state index contributed by atoms with van der Waals surface area (Å²) in [6, 6.07) is 5.12. The van der Waals surface area contributed by atoms with Crippen molar-refractivity contribution in [3.63, 3.8) is 0 Å². The number of nitrogens with one attached hydrogen (secondary N) is 1. The standard InChI is InChI=1S/C18H22N4O2S/c1-3-9-20-11(2)13-5-4-6-14(23)16(13)17(24)22(12-7-8-12)18-21-10-15(19)25-18/h4-7,10-11,20,23H,3,8-9,19H2,1-2H3. The number of thiazole rings is 1. The molecule has 1 unspecified atom stereocenters. The number of hydrogen-bond donors (Lipinski definition) is 3. The van der Waals surface area contributed by atoms with Crippen LogP contribution < -0.4 is 16.0 Å². The Morgan fingerprint density at radius 2 is 2.28 bits per heavy atom. The predicted molar refractivity (Wildman–Crippen MR) is 101 cm³/mol. The van der Waals surface area contributed by atoms with Crippen LogP contribution in [0.15, 0.2) is 36.2 Å². The lowest BCUT2D eigenvalue weighted by molar-refractivity contribution is 0.0991. The van der Waals surface area contributed by atoms with Crippen LogP contribution in [0.2, 0.25) is 0 Å². The minimum absolute atomic E-state index is 0.0246. The van der Waals surface area contributed by atoms with E-state index in [1.165, 1.54) is 11.3 Å². The third kappa shape index (κ3) is 3.67. The van der Waals surface area contributed by atoms with Crippen molar-refractivity contribution in [2.75, 3.05) is 17.2 Å². The maximum absolute atomic E-state index is 13.3. The van der Waals surface area contributed by atoms with Crippen LogP contribution in [0, 0.1) is 0 Å². The third-order valence-corrected chi connectivity index (χ3v) is 4.85. The zero-order valence-electron chi connectivity index (χ0n) is 14.3. The summed E-state index contributed by atoms with van der Waals surface area (Å²) in [5, 5.41) is 14.8. The SMILES string of the molecule is CCCNC(C)c1cccc(O)c1C(=O)N(C1=CC1)c1ncc(N)s1. The maximum atomic E-state index is 13.3. The van der Waals surface area contributed by atoms with Crippen molar-refractivity contribution < 1.29 is 9.90 Å². The molecule has 7 heteroatoms. The minimum atomic E-state index is -0.281. The van der Waals surface area contributed by atoms with Crippen LogP contribution in [0.3, 0.4) is 0 Å². The zero-order valence-corrected chi connectivity index (χ0v) is 15.1. The quantitative estimate of drug-likeness (QED) is 0.705. The van der Waals surface area contributed by atoms with E-state index in [1.807, 2.05) is 19.1 Å². The van der Waals surface area contributed by atoms with E-state index in [0.29, 0.717) is 15.7 Å². The van der Waals surface area contributed by atoms with Crippen LogP contribution in [-0.2, 0) is 0 Å². The summed E-state index contributed by atoms with van der Waals surface area (Å²) < 4.78 is 0. The van der Waals surface area contributed by atoms with Crippen molar-refractivity contribution in [3.05, 3.63) is 47.3 Å². The molecule has 4 N–H and O–H groups in total. The average Bonchev–Trinajstić information content (AvgIpc) is 3.33. The summed E-state index contributed by atoms with van der Waals surface area (Å²) in [6.45, 7) is 4.91. The molecule has 0 spiro atoms. The van der Waals surface area contributed by atoms with Gasteiger partial charge in [-0.05, 0) is 31.5 Å². The lowest BCUT2D eigenvalue weighted by Crippen LogP contribution is -2.30. The number of phenolic OH excluding ortho intramolecular Hbond substituents is 1. The van der Waals surface area contributed by atoms with Crippen molar-refractivity contribution in [3.8, 4) is 5.75 Å². The molecule has 1 aromatic carbocycles. The Balaban J connectivity index is 1.99. The highest BCUT2D eigenvalue weighted by atomic mass is 32.1. The molecule has 1 aliphatic rings. The predicted octanol–water partition coefficient (Wildman–Crippen LogP) is 3.43. The molecule has 0 saturated heterocycles. The van der Waals surface area contributed by atoms with E-state index < -0.39 is 0 Å². The number of anilines is 2. The van der Waals surface area contributed by atoms with Gasteiger partial charge < -0.3 is 16.2 Å². The number of hydrogen-bond acceptors (Lipinski definition) is 6. The Hall–Kier alpha value is -2.38. The molecule has 1 atom stereocenters. The van der Waals surface area contributed by atoms with Crippen molar-refractivity contribution in [1.82, 2.24) is 10.3 Å². The lowest BCUT2D eigenvalue weighted by Gasteiger charge is -2.22. The van der Waals surface area contributed by atoms with E-state index in [1.54, 1.807) is 23.2 Å². The highest BCUT2D eigenvalue weighted by Crippen LogP contribution is 2.37. The number of amides is 1. The molecular weight excluding hydrogens is 336 g/mol. The number of benzene rings is 1. The summed E-state index contributed by atoms with van der Waals surface area (Å²) in [4.78, 5) is 19.1. The van der Waals surface area contributed by atoms with E-state index in [4.69, 9.17) is 5.73 Å². The second kappa shape index (κ2) is 7.25. The van der Waals surface area contributed by atoms with E-state index in [2.05, 4.69) is 17.2 Å². The molecular formula is C18H22N4O2S. The fourth-order valence-electron chi connectivity index (χ4n) is 2.68. The third-order valence-electron chi connectivity index (χ3n) is 4.04. The van der Waals surface area contributed by atoms with Crippen molar-refractivity contribution >= 4 is 27.4 Å². The Kier molecular flexibility index (Phi) is 5.06. The summed E-state index contributed by atoms with van der Waals surface area (Å²) in [7, 11) is 0. The number of aromatic nitrogens is 1. The largest absolute Gasteiger partial charge is 0.507 e. The molecule has 0 bridgehead atoms. The van der Waals surface area contributed by atoms with Crippen LogP contribution in [0.25, 0.3) is 0 Å². The monoisotopic (exact) mass is 358 g/mol. The number of carbonyl (C=O) groups is 1. The van der Waals surface area contributed by atoms with Crippen molar-refractivity contribution in [2.24, 2.45) is 0 Å². The number of nitrogen functional groups attached to an aromatic ring is 1. The second-order valence-corrected chi connectivity index (χ2v) is 7.04. The first-order valence-corrected chi connectivity index (χ1v) is 9.14. The highest BCUT2D eigenvalue weighted by Gasteiger charge is 2.32. The molecule has 0 aliphatic heterocycles. The van der Waals surface area contributed by atoms with Gasteiger partial charge in [0, 0.05) is 18.2 Å². The van der Waals surface area contributed by atoms with Gasteiger partial charge in [0.1, 0.15) is 10.8 Å². The Morgan fingerprint density at radius 1 is 1.52 bits per heavy atom. The Bertz CT molecular complexity index is 815. The van der Waals surface area contributed by atoms with Gasteiger partial charge in [0.15, 0.2) is 5.13 Å². The van der Waals surface area contributed by atoms with Crippen LogP contribution >= 0.6 is 11.3 Å². The molecule has 2 aromatic rings. The van der Waals surface area contributed by atoms with Gasteiger partial charge in [-0.25, -0.2) is 4.98 Å². The van der Waals surface area contributed by atoms with E-state index in [0.717, 1.165) is 30.6 Å². The molecule has 132 valence electrons. The van der Waals surface area contributed by atoms with Gasteiger partial charge in [0.05, 0.1) is 11.8 Å². The summed E-state index contributed by atoms with van der Waals surface area (Å²) >= 11 is 1.25. The topological polar surface area (TPSA) is 91.5 Å². The van der Waals surface area contributed by atoms with Crippen LogP contribution in [0.5, 0.6) is 5.75 Å². The Morgan fingerprint density at radius 3 is 2.88 bits per heavy atom. The fraction of sp³-hybridized carbons (Fsp3) is 0.333. The molecule has 1 heterocycles. The fourth-order valence-corrected chi connectivity index (χ4v) is 3.40. The zero-order chi connectivity index (χ0) is 18.0. The van der Waals surface area contributed by atoms with Crippen LogP contribution in [0.4, 0.5) is 10.1 Å². The molecule has 0 saturated carbocycles. The average molecular weight is 358 g/mol. The molecule has 25 heavy (non-hydrogen) atoms. The number of aromatic hydroxyl groups is 1. The van der Waals surface area contributed by atoms with E-state index in [9.17, 15) is 9.90 Å². The van der Waals surface area contributed by atoms with E-state index in [-0.39, 0.29) is 17.7 Å². The molecule has 0 radical (unpaired) electrons. The van der Waals surface area contributed by atoms with Crippen molar-refractivity contribution in [2.45, 2.75) is 32.7 Å². The first kappa shape index (κ1) is 17.4.